The Bertz CT molecular complexity index is 1560. The third-order valence-electron chi connectivity index (χ3n) is 7.45. The molecule has 0 radical (unpaired) electrons. The number of aromatic amines is 1. The van der Waals surface area contributed by atoms with Crippen molar-refractivity contribution in [3.63, 3.8) is 0 Å². The number of nitrogens with zero attached hydrogens (tertiary/aromatic N) is 1. The molecule has 2 heterocycles. The number of H-pyrrole nitrogens is 1. The Hall–Kier alpha value is -3.87. The second-order valence-electron chi connectivity index (χ2n) is 10.7. The van der Waals surface area contributed by atoms with E-state index in [-0.39, 0.29) is 29.3 Å². The predicted molar refractivity (Wildman–Crippen MR) is 163 cm³/mol. The van der Waals surface area contributed by atoms with Crippen LogP contribution in [-0.2, 0) is 35.6 Å². The van der Waals surface area contributed by atoms with Gasteiger partial charge in [0.05, 0.1) is 17.7 Å². The maximum Gasteiger partial charge on any atom is 0.331 e. The highest BCUT2D eigenvalue weighted by Crippen LogP contribution is 2.34. The second-order valence-corrected chi connectivity index (χ2v) is 12.4. The molecule has 0 bridgehead atoms. The average Bonchev–Trinajstić information content (AvgIpc) is 3.41. The quantitative estimate of drug-likeness (QED) is 0.178. The van der Waals surface area contributed by atoms with E-state index in [0.717, 1.165) is 35.4 Å². The minimum atomic E-state index is -4.40. The number of carbonyl (C=O) groups excluding carboxylic acids is 3. The molecule has 1 aromatic heterocycles. The normalized spacial score (nSPS) is 15.9. The number of hydrogen-bond donors (Lipinski definition) is 4. The molecular formula is C31H39N5O6S. The van der Waals surface area contributed by atoms with E-state index >= 15 is 0 Å². The van der Waals surface area contributed by atoms with Gasteiger partial charge in [0.1, 0.15) is 17.0 Å². The average molecular weight is 610 g/mol. The largest absolute Gasteiger partial charge is 0.391 e. The molecule has 2 aromatic carbocycles. The number of nitrogens with one attached hydrogen (secondary N) is 4. The number of sulfonamides is 1. The van der Waals surface area contributed by atoms with Crippen LogP contribution in [0.5, 0.6) is 0 Å². The van der Waals surface area contributed by atoms with Gasteiger partial charge in [0, 0.05) is 17.7 Å². The number of rotatable bonds is 12. The predicted octanol–water partition coefficient (Wildman–Crippen LogP) is 3.92. The number of aryl methyl sites for hydroxylation is 3. The van der Waals surface area contributed by atoms with E-state index in [1.165, 1.54) is 6.07 Å². The standard InChI is InChI=1S/C31H39N5O6S/c1-4-28(37)35-29-23(22-11-7-10-20(2)18-22)12-8-16-27(29)43(40,41)36-26(15-9-14-24-21(3)33-19-34-24)31(39)42-30(38)25-13-5-6-17-32-25/h7-8,10-12,16,18-19,25-26,32,36H,4-6,9,13-15,17H2,1-3H3,(H,33,34)(H,35,37). The maximum absolute atomic E-state index is 13.9. The lowest BCUT2D eigenvalue weighted by Gasteiger charge is -2.23. The first kappa shape index (κ1) is 32.1. The van der Waals surface area contributed by atoms with Crippen molar-refractivity contribution < 1.29 is 27.5 Å². The van der Waals surface area contributed by atoms with Crippen LogP contribution in [0.3, 0.4) is 0 Å². The number of esters is 2. The van der Waals surface area contributed by atoms with Crippen molar-refractivity contribution in [3.05, 3.63) is 65.7 Å². The monoisotopic (exact) mass is 609 g/mol. The molecule has 3 aromatic rings. The van der Waals surface area contributed by atoms with Gasteiger partial charge in [0.25, 0.3) is 0 Å². The van der Waals surface area contributed by atoms with Gasteiger partial charge in [-0.1, -0.05) is 55.3 Å². The molecule has 12 heteroatoms. The molecule has 4 rings (SSSR count). The minimum absolute atomic E-state index is 0.0595. The molecule has 1 aliphatic rings. The van der Waals surface area contributed by atoms with E-state index < -0.39 is 34.0 Å². The number of anilines is 1. The third kappa shape index (κ3) is 8.37. The molecule has 2 unspecified atom stereocenters. The molecule has 2 atom stereocenters. The third-order valence-corrected chi connectivity index (χ3v) is 8.96. The Labute approximate surface area is 252 Å². The van der Waals surface area contributed by atoms with Crippen molar-refractivity contribution in [2.45, 2.75) is 82.7 Å². The summed E-state index contributed by atoms with van der Waals surface area (Å²) in [4.78, 5) is 45.7. The minimum Gasteiger partial charge on any atom is -0.391 e. The molecular weight excluding hydrogens is 570 g/mol. The molecule has 4 N–H and O–H groups in total. The number of aromatic nitrogens is 2. The van der Waals surface area contributed by atoms with Crippen LogP contribution in [0.2, 0.25) is 0 Å². The molecule has 0 saturated carbocycles. The van der Waals surface area contributed by atoms with Gasteiger partial charge in [-0.3, -0.25) is 4.79 Å². The molecule has 43 heavy (non-hydrogen) atoms. The summed E-state index contributed by atoms with van der Waals surface area (Å²) in [6.07, 6.45) is 4.93. The van der Waals surface area contributed by atoms with Crippen LogP contribution in [0.15, 0.2) is 53.7 Å². The summed E-state index contributed by atoms with van der Waals surface area (Å²) < 4.78 is 35.6. The zero-order chi connectivity index (χ0) is 31.0. The van der Waals surface area contributed by atoms with Gasteiger partial charge in [-0.05, 0) is 64.1 Å². The molecule has 1 fully saturated rings. The zero-order valence-electron chi connectivity index (χ0n) is 24.7. The van der Waals surface area contributed by atoms with Crippen molar-refractivity contribution in [2.75, 3.05) is 11.9 Å². The summed E-state index contributed by atoms with van der Waals surface area (Å²) >= 11 is 0. The summed E-state index contributed by atoms with van der Waals surface area (Å²) in [6, 6.07) is 10.2. The van der Waals surface area contributed by atoms with E-state index in [9.17, 15) is 22.8 Å². The van der Waals surface area contributed by atoms with Crippen LogP contribution < -0.4 is 15.4 Å². The Balaban J connectivity index is 1.64. The Kier molecular flexibility index (Phi) is 10.8. The first-order valence-corrected chi connectivity index (χ1v) is 16.1. The van der Waals surface area contributed by atoms with Crippen molar-refractivity contribution in [2.24, 2.45) is 0 Å². The summed E-state index contributed by atoms with van der Waals surface area (Å²) in [5, 5.41) is 5.79. The fraction of sp³-hybridized carbons (Fsp3) is 0.419. The number of imidazole rings is 1. The highest BCUT2D eigenvalue weighted by atomic mass is 32.2. The molecule has 0 aliphatic carbocycles. The van der Waals surface area contributed by atoms with Crippen LogP contribution in [-0.4, -0.2) is 54.9 Å². The van der Waals surface area contributed by atoms with Gasteiger partial charge in [0.15, 0.2) is 0 Å². The number of carbonyl (C=O) groups is 3. The lowest BCUT2D eigenvalue weighted by atomic mass is 10.0. The van der Waals surface area contributed by atoms with Gasteiger partial charge < -0.3 is 20.4 Å². The SMILES string of the molecule is CCC(=O)Nc1c(-c2cccc(C)c2)cccc1S(=O)(=O)NC(CCCc1nc[nH]c1C)C(=O)OC(=O)C1CCCCN1. The highest BCUT2D eigenvalue weighted by Gasteiger charge is 2.33. The van der Waals surface area contributed by atoms with Crippen LogP contribution in [0.4, 0.5) is 5.69 Å². The van der Waals surface area contributed by atoms with Gasteiger partial charge >= 0.3 is 11.9 Å². The number of amides is 1. The summed E-state index contributed by atoms with van der Waals surface area (Å²) in [6.45, 7) is 6.10. The van der Waals surface area contributed by atoms with Crippen molar-refractivity contribution in [1.29, 1.82) is 0 Å². The van der Waals surface area contributed by atoms with Gasteiger partial charge in [0.2, 0.25) is 15.9 Å². The summed E-state index contributed by atoms with van der Waals surface area (Å²) in [7, 11) is -4.40. The van der Waals surface area contributed by atoms with Gasteiger partial charge in [-0.2, -0.15) is 4.72 Å². The Morgan fingerprint density at radius 1 is 1.12 bits per heavy atom. The lowest BCUT2D eigenvalue weighted by molar-refractivity contribution is -0.162. The zero-order valence-corrected chi connectivity index (χ0v) is 25.6. The van der Waals surface area contributed by atoms with E-state index in [1.54, 1.807) is 25.4 Å². The fourth-order valence-electron chi connectivity index (χ4n) is 5.05. The van der Waals surface area contributed by atoms with Crippen LogP contribution in [0.1, 0.15) is 62.4 Å². The molecule has 1 saturated heterocycles. The summed E-state index contributed by atoms with van der Waals surface area (Å²) in [5.41, 5.74) is 3.98. The van der Waals surface area contributed by atoms with E-state index in [4.69, 9.17) is 4.74 Å². The van der Waals surface area contributed by atoms with Crippen LogP contribution >= 0.6 is 0 Å². The molecule has 0 spiro atoms. The Morgan fingerprint density at radius 2 is 1.91 bits per heavy atom. The highest BCUT2D eigenvalue weighted by molar-refractivity contribution is 7.89. The number of ether oxygens (including phenoxy) is 1. The molecule has 230 valence electrons. The first-order valence-electron chi connectivity index (χ1n) is 14.6. The van der Waals surface area contributed by atoms with Crippen LogP contribution in [0.25, 0.3) is 11.1 Å². The number of piperidine rings is 1. The first-order chi connectivity index (χ1) is 20.6. The Morgan fingerprint density at radius 3 is 2.58 bits per heavy atom. The van der Waals surface area contributed by atoms with Crippen LogP contribution in [0, 0.1) is 13.8 Å². The maximum atomic E-state index is 13.9. The topological polar surface area (TPSA) is 159 Å². The van der Waals surface area contributed by atoms with Gasteiger partial charge in [-0.25, -0.2) is 23.0 Å². The molecule has 1 aliphatic heterocycles. The van der Waals surface area contributed by atoms with Crippen molar-refractivity contribution in [3.8, 4) is 11.1 Å². The van der Waals surface area contributed by atoms with Gasteiger partial charge in [-0.15, -0.1) is 0 Å². The summed E-state index contributed by atoms with van der Waals surface area (Å²) in [5.74, 6) is -2.07. The second kappa shape index (κ2) is 14.5. The van der Waals surface area contributed by atoms with E-state index in [1.807, 2.05) is 38.1 Å². The van der Waals surface area contributed by atoms with Crippen molar-refractivity contribution in [1.82, 2.24) is 20.0 Å². The number of para-hydroxylation sites is 1. The smallest absolute Gasteiger partial charge is 0.331 e. The molecule has 1 amide bonds. The number of benzene rings is 2. The molecule has 11 nitrogen and oxygen atoms in total. The lowest BCUT2D eigenvalue weighted by Crippen LogP contribution is -2.46. The van der Waals surface area contributed by atoms with E-state index in [2.05, 4.69) is 25.3 Å². The fourth-order valence-corrected chi connectivity index (χ4v) is 6.45. The van der Waals surface area contributed by atoms with E-state index in [0.29, 0.717) is 31.4 Å². The van der Waals surface area contributed by atoms with Crippen molar-refractivity contribution >= 4 is 33.6 Å². The number of hydrogen-bond acceptors (Lipinski definition) is 8.